The van der Waals surface area contributed by atoms with E-state index in [-0.39, 0.29) is 12.5 Å². The van der Waals surface area contributed by atoms with Crippen LogP contribution in [0.1, 0.15) is 5.69 Å². The largest absolute Gasteiger partial charge is 0.480 e. The molecule has 0 aromatic carbocycles. The number of hydrogen-bond donors (Lipinski definition) is 5. The van der Waals surface area contributed by atoms with Crippen molar-refractivity contribution in [1.29, 1.82) is 0 Å². The van der Waals surface area contributed by atoms with Crippen molar-refractivity contribution in [2.24, 2.45) is 5.73 Å². The molecule has 1 aliphatic heterocycles. The molecule has 1 aromatic rings. The molecule has 3 unspecified atom stereocenters. The highest BCUT2D eigenvalue weighted by Crippen LogP contribution is 2.15. The lowest BCUT2D eigenvalue weighted by Crippen LogP contribution is -2.53. The molecular weight excluding hydrogens is 266 g/mol. The van der Waals surface area contributed by atoms with Crippen LogP contribution in [-0.2, 0) is 16.0 Å². The molecule has 2 heterocycles. The SMILES string of the molecule is NC(CO)C1NC(Cc2cnc[nH]2)C(=O)N1CC(=O)O. The Morgan fingerprint density at radius 1 is 1.60 bits per heavy atom. The van der Waals surface area contributed by atoms with Crippen LogP contribution in [0, 0.1) is 0 Å². The Morgan fingerprint density at radius 2 is 2.35 bits per heavy atom. The summed E-state index contributed by atoms with van der Waals surface area (Å²) in [6, 6.07) is -1.33. The fourth-order valence-electron chi connectivity index (χ4n) is 2.24. The predicted molar refractivity (Wildman–Crippen MR) is 67.4 cm³/mol. The van der Waals surface area contributed by atoms with E-state index in [1.54, 1.807) is 6.20 Å². The third-order valence-corrected chi connectivity index (χ3v) is 3.19. The number of aromatic nitrogens is 2. The molecule has 9 heteroatoms. The summed E-state index contributed by atoms with van der Waals surface area (Å²) in [4.78, 5) is 30.9. The highest BCUT2D eigenvalue weighted by Gasteiger charge is 2.42. The molecule has 110 valence electrons. The number of carbonyl (C=O) groups is 2. The van der Waals surface area contributed by atoms with Gasteiger partial charge in [-0.2, -0.15) is 0 Å². The molecule has 1 saturated heterocycles. The number of hydrogen-bond acceptors (Lipinski definition) is 6. The maximum Gasteiger partial charge on any atom is 0.323 e. The highest BCUT2D eigenvalue weighted by atomic mass is 16.4. The van der Waals surface area contributed by atoms with Crippen LogP contribution in [0.25, 0.3) is 0 Å². The third-order valence-electron chi connectivity index (χ3n) is 3.19. The summed E-state index contributed by atoms with van der Waals surface area (Å²) in [6.07, 6.45) is 2.75. The van der Waals surface area contributed by atoms with E-state index in [0.717, 1.165) is 10.6 Å². The minimum absolute atomic E-state index is 0.349. The number of aliphatic hydroxyl groups excluding tert-OH is 1. The number of imidazole rings is 1. The maximum absolute atomic E-state index is 12.2. The van der Waals surface area contributed by atoms with Crippen LogP contribution < -0.4 is 11.1 Å². The lowest BCUT2D eigenvalue weighted by molar-refractivity contribution is -0.144. The molecule has 0 radical (unpaired) electrons. The normalized spacial score (nSPS) is 24.1. The van der Waals surface area contributed by atoms with E-state index in [4.69, 9.17) is 15.9 Å². The zero-order valence-corrected chi connectivity index (χ0v) is 10.7. The van der Waals surface area contributed by atoms with Crippen LogP contribution in [-0.4, -0.2) is 68.4 Å². The molecule has 9 nitrogen and oxygen atoms in total. The minimum atomic E-state index is -1.13. The van der Waals surface area contributed by atoms with Crippen molar-refractivity contribution in [1.82, 2.24) is 20.2 Å². The lowest BCUT2D eigenvalue weighted by atomic mass is 10.1. The van der Waals surface area contributed by atoms with Crippen LogP contribution in [0.4, 0.5) is 0 Å². The van der Waals surface area contributed by atoms with Gasteiger partial charge in [0.05, 0.1) is 25.0 Å². The standard InChI is InChI=1S/C11H17N5O4/c12-7(4-17)10-15-8(1-6-2-13-5-14-6)11(20)16(10)3-9(18)19/h2,5,7-8,10,15,17H,1,3-4,12H2,(H,13,14)(H,18,19). The van der Waals surface area contributed by atoms with E-state index in [0.29, 0.717) is 6.42 Å². The number of amides is 1. The number of nitrogens with zero attached hydrogens (tertiary/aromatic N) is 2. The zero-order valence-electron chi connectivity index (χ0n) is 10.7. The van der Waals surface area contributed by atoms with Crippen molar-refractivity contribution >= 4 is 11.9 Å². The number of aromatic amines is 1. The third kappa shape index (κ3) is 2.95. The van der Waals surface area contributed by atoms with E-state index in [1.807, 2.05) is 0 Å². The second kappa shape index (κ2) is 5.99. The van der Waals surface area contributed by atoms with Crippen molar-refractivity contribution in [3.05, 3.63) is 18.2 Å². The van der Waals surface area contributed by atoms with Crippen molar-refractivity contribution < 1.29 is 19.8 Å². The van der Waals surface area contributed by atoms with Gasteiger partial charge in [0.2, 0.25) is 5.91 Å². The van der Waals surface area contributed by atoms with Crippen LogP contribution in [0.5, 0.6) is 0 Å². The van der Waals surface area contributed by atoms with Gasteiger partial charge in [-0.05, 0) is 0 Å². The van der Waals surface area contributed by atoms with Gasteiger partial charge in [-0.1, -0.05) is 0 Å². The lowest BCUT2D eigenvalue weighted by Gasteiger charge is -2.26. The Kier molecular flexibility index (Phi) is 4.32. The average molecular weight is 283 g/mol. The molecule has 1 amide bonds. The molecule has 0 saturated carbocycles. The summed E-state index contributed by atoms with van der Waals surface area (Å²) < 4.78 is 0. The second-order valence-electron chi connectivity index (χ2n) is 4.65. The summed E-state index contributed by atoms with van der Waals surface area (Å²) in [5.41, 5.74) is 6.48. The average Bonchev–Trinajstić information content (AvgIpc) is 3.01. The van der Waals surface area contributed by atoms with E-state index in [1.165, 1.54) is 6.33 Å². The Morgan fingerprint density at radius 3 is 2.90 bits per heavy atom. The Bertz CT molecular complexity index is 477. The molecule has 0 bridgehead atoms. The molecule has 1 aromatic heterocycles. The maximum atomic E-state index is 12.2. The van der Waals surface area contributed by atoms with Crippen LogP contribution in [0.15, 0.2) is 12.5 Å². The van der Waals surface area contributed by atoms with Gasteiger partial charge in [-0.25, -0.2) is 4.98 Å². The van der Waals surface area contributed by atoms with Crippen LogP contribution in [0.2, 0.25) is 0 Å². The number of H-pyrrole nitrogens is 1. The first-order chi connectivity index (χ1) is 9.52. The Hall–Kier alpha value is -1.97. The van der Waals surface area contributed by atoms with Crippen molar-refractivity contribution in [3.63, 3.8) is 0 Å². The minimum Gasteiger partial charge on any atom is -0.480 e. The number of carboxylic acids is 1. The zero-order chi connectivity index (χ0) is 14.7. The summed E-state index contributed by atoms with van der Waals surface area (Å²) in [5.74, 6) is -1.48. The molecule has 3 atom stereocenters. The fraction of sp³-hybridized carbons (Fsp3) is 0.545. The number of aliphatic hydroxyl groups is 1. The van der Waals surface area contributed by atoms with Crippen LogP contribution >= 0.6 is 0 Å². The predicted octanol–water partition coefficient (Wildman–Crippen LogP) is -2.52. The number of carbonyl (C=O) groups excluding carboxylic acids is 1. The summed E-state index contributed by atoms with van der Waals surface area (Å²) >= 11 is 0. The van der Waals surface area contributed by atoms with Gasteiger partial charge in [0.15, 0.2) is 0 Å². The monoisotopic (exact) mass is 283 g/mol. The van der Waals surface area contributed by atoms with Crippen molar-refractivity contribution in [2.45, 2.75) is 24.7 Å². The number of carboxylic acid groups (broad SMARTS) is 1. The van der Waals surface area contributed by atoms with Gasteiger partial charge in [0.25, 0.3) is 0 Å². The van der Waals surface area contributed by atoms with Gasteiger partial charge in [0.1, 0.15) is 12.7 Å². The quantitative estimate of drug-likeness (QED) is 0.387. The topological polar surface area (TPSA) is 145 Å². The molecule has 0 aliphatic carbocycles. The van der Waals surface area contributed by atoms with E-state index in [9.17, 15) is 9.59 Å². The number of nitrogens with one attached hydrogen (secondary N) is 2. The van der Waals surface area contributed by atoms with Crippen molar-refractivity contribution in [3.8, 4) is 0 Å². The number of nitrogens with two attached hydrogens (primary N) is 1. The number of rotatable bonds is 6. The van der Waals surface area contributed by atoms with Gasteiger partial charge < -0.3 is 25.8 Å². The molecule has 2 rings (SSSR count). The second-order valence-corrected chi connectivity index (χ2v) is 4.65. The highest BCUT2D eigenvalue weighted by molar-refractivity contribution is 5.87. The molecule has 1 fully saturated rings. The summed E-state index contributed by atoms with van der Waals surface area (Å²) in [7, 11) is 0. The first kappa shape index (κ1) is 14.4. The van der Waals surface area contributed by atoms with Gasteiger partial charge >= 0.3 is 5.97 Å². The fourth-order valence-corrected chi connectivity index (χ4v) is 2.24. The van der Waals surface area contributed by atoms with E-state index < -0.39 is 30.8 Å². The summed E-state index contributed by atoms with van der Waals surface area (Å²) in [5, 5.41) is 20.9. The Labute approximate surface area is 114 Å². The summed E-state index contributed by atoms with van der Waals surface area (Å²) in [6.45, 7) is -0.804. The van der Waals surface area contributed by atoms with E-state index in [2.05, 4.69) is 15.3 Å². The smallest absolute Gasteiger partial charge is 0.323 e. The Balaban J connectivity index is 2.12. The molecule has 6 N–H and O–H groups in total. The van der Waals surface area contributed by atoms with Gasteiger partial charge in [-0.3, -0.25) is 14.9 Å². The van der Waals surface area contributed by atoms with Gasteiger partial charge in [-0.15, -0.1) is 0 Å². The number of aliphatic carboxylic acids is 1. The first-order valence-corrected chi connectivity index (χ1v) is 6.15. The van der Waals surface area contributed by atoms with Crippen LogP contribution in [0.3, 0.4) is 0 Å². The van der Waals surface area contributed by atoms with Crippen molar-refractivity contribution in [2.75, 3.05) is 13.2 Å². The molecule has 1 aliphatic rings. The molecule has 20 heavy (non-hydrogen) atoms. The van der Waals surface area contributed by atoms with E-state index >= 15 is 0 Å². The molecular formula is C11H17N5O4. The van der Waals surface area contributed by atoms with Gasteiger partial charge in [0, 0.05) is 18.3 Å². The molecule has 0 spiro atoms. The first-order valence-electron chi connectivity index (χ1n) is 6.15.